The summed E-state index contributed by atoms with van der Waals surface area (Å²) >= 11 is 6.17. The Balaban J connectivity index is 1.17. The lowest BCUT2D eigenvalue weighted by Gasteiger charge is -2.60. The van der Waals surface area contributed by atoms with Crippen LogP contribution in [0.3, 0.4) is 0 Å². The van der Waals surface area contributed by atoms with E-state index < -0.39 is 11.7 Å². The summed E-state index contributed by atoms with van der Waals surface area (Å²) in [6, 6.07) is 5.80. The molecule has 6 aliphatic rings. The first-order chi connectivity index (χ1) is 41.5. The quantitative estimate of drug-likeness (QED) is 0.119. The largest absolute Gasteiger partial charge is 0.417 e. The summed E-state index contributed by atoms with van der Waals surface area (Å²) in [5.41, 5.74) is 2.95. The van der Waals surface area contributed by atoms with Crippen LogP contribution in [0.25, 0.3) is 0 Å². The van der Waals surface area contributed by atoms with Gasteiger partial charge >= 0.3 is 6.18 Å². The number of carbonyl (C=O) groups excluding carboxylic acids is 1. The van der Waals surface area contributed by atoms with Gasteiger partial charge in [0.15, 0.2) is 0 Å². The number of halogens is 4. The molecule has 492 valence electrons. The third-order valence-electron chi connectivity index (χ3n) is 20.2. The maximum absolute atomic E-state index is 14.8. The van der Waals surface area contributed by atoms with Gasteiger partial charge in [0, 0.05) is 163 Å². The van der Waals surface area contributed by atoms with Crippen molar-refractivity contribution in [3.63, 3.8) is 0 Å². The number of aryl methyl sites for hydroxylation is 1. The Kier molecular flexibility index (Phi) is 27.3. The van der Waals surface area contributed by atoms with Gasteiger partial charge in [-0.2, -0.15) is 13.2 Å². The maximum Gasteiger partial charge on any atom is 0.417 e. The first-order valence-electron chi connectivity index (χ1n) is 34.0. The molecule has 3 saturated heterocycles. The fourth-order valence-corrected chi connectivity index (χ4v) is 14.9. The van der Waals surface area contributed by atoms with Gasteiger partial charge in [-0.25, -0.2) is 0 Å². The molecule has 5 fully saturated rings. The van der Waals surface area contributed by atoms with Crippen molar-refractivity contribution < 1.29 is 22.7 Å². The van der Waals surface area contributed by atoms with E-state index >= 15 is 0 Å². The number of amides is 1. The normalized spacial score (nSPS) is 30.1. The summed E-state index contributed by atoms with van der Waals surface area (Å²) in [7, 11) is 4.12. The van der Waals surface area contributed by atoms with Crippen LogP contribution in [0.4, 0.5) is 13.2 Å². The van der Waals surface area contributed by atoms with Gasteiger partial charge in [0.1, 0.15) is 0 Å². The molecule has 4 aliphatic heterocycles. The molecule has 87 heavy (non-hydrogen) atoms. The van der Waals surface area contributed by atoms with Crippen LogP contribution >= 0.6 is 11.6 Å². The van der Waals surface area contributed by atoms with Crippen molar-refractivity contribution in [1.82, 2.24) is 56.4 Å². The molecule has 2 saturated carbocycles. The topological polar surface area (TPSA) is 127 Å². The Bertz CT molecular complexity index is 2440. The average molecular weight is 1240 g/mol. The lowest BCUT2D eigenvalue weighted by molar-refractivity contribution is -0.162. The average Bonchev–Trinajstić information content (AvgIpc) is 2.75. The first-order valence-corrected chi connectivity index (χ1v) is 34.4. The van der Waals surface area contributed by atoms with Gasteiger partial charge in [-0.3, -0.25) is 14.7 Å². The predicted octanol–water partition coefficient (Wildman–Crippen LogP) is 11.5. The number of aliphatic imine (C=N–C) groups is 1. The van der Waals surface area contributed by atoms with E-state index in [0.717, 1.165) is 127 Å². The number of likely N-dealkylation sites (tertiary alicyclic amines) is 1. The zero-order chi connectivity index (χ0) is 63.0. The molecule has 14 nitrogen and oxygen atoms in total. The summed E-state index contributed by atoms with van der Waals surface area (Å²) in [6.45, 7) is 33.1. The van der Waals surface area contributed by atoms with Crippen LogP contribution in [0.2, 0.25) is 5.02 Å². The minimum Gasteiger partial charge on any atom is -0.390 e. The van der Waals surface area contributed by atoms with Gasteiger partial charge in [-0.1, -0.05) is 78.5 Å². The number of benzene rings is 1. The number of nitrogens with zero attached hydrogens (tertiary/aromatic N) is 6. The van der Waals surface area contributed by atoms with Crippen LogP contribution < -0.4 is 31.9 Å². The highest BCUT2D eigenvalue weighted by atomic mass is 35.5. The molecule has 11 atom stereocenters. The number of ether oxygens (including phenoxy) is 1. The summed E-state index contributed by atoms with van der Waals surface area (Å²) in [5, 5.41) is 23.8. The second-order valence-electron chi connectivity index (χ2n) is 27.9. The highest BCUT2D eigenvalue weighted by Crippen LogP contribution is 2.41. The zero-order valence-electron chi connectivity index (χ0n) is 55.8. The SMILES string of the molecule is CC[C@H](C)[C@H]1CN[C@@H](CC(C)C)C(C)NCC2[C@@H](C(=O)N3CCCCC3)C(C)N2[C@@H](C(C)C)C(C)NC2(CCCC2)CNCCNC=CC(CCc2ccc(C(F)(F)F)c(Cl)c2)=NC=CN(C)C=C(COC2CC2)N(C)C=C2CCCN2[C@@H](C)C(C)N1. The maximum atomic E-state index is 14.8. The Morgan fingerprint density at radius 3 is 2.26 bits per heavy atom. The minimum absolute atomic E-state index is 0.0454. The van der Waals surface area contributed by atoms with Crippen molar-refractivity contribution in [1.29, 1.82) is 0 Å². The molecule has 0 bridgehead atoms. The number of piperidine rings is 1. The Morgan fingerprint density at radius 2 is 1.60 bits per heavy atom. The number of carbonyl (C=O) groups is 1. The van der Waals surface area contributed by atoms with Crippen LogP contribution in [-0.4, -0.2) is 175 Å². The van der Waals surface area contributed by atoms with E-state index in [1.807, 2.05) is 30.4 Å². The van der Waals surface area contributed by atoms with Gasteiger partial charge in [0.2, 0.25) is 5.91 Å². The molecule has 5 unspecified atom stereocenters. The van der Waals surface area contributed by atoms with Crippen LogP contribution in [0.5, 0.6) is 0 Å². The lowest BCUT2D eigenvalue weighted by atomic mass is 9.74. The smallest absolute Gasteiger partial charge is 0.390 e. The Labute approximate surface area is 529 Å². The number of allylic oxidation sites excluding steroid dienone is 2. The molecule has 0 radical (unpaired) electrons. The van der Waals surface area contributed by atoms with Crippen molar-refractivity contribution in [3.8, 4) is 0 Å². The van der Waals surface area contributed by atoms with Crippen LogP contribution in [0.15, 0.2) is 71.7 Å². The van der Waals surface area contributed by atoms with Crippen molar-refractivity contribution in [3.05, 3.63) is 82.8 Å². The summed E-state index contributed by atoms with van der Waals surface area (Å²) in [5.74, 6) is 1.63. The van der Waals surface area contributed by atoms with Crippen molar-refractivity contribution in [2.45, 2.75) is 245 Å². The van der Waals surface area contributed by atoms with E-state index in [0.29, 0.717) is 55.2 Å². The van der Waals surface area contributed by atoms with E-state index in [4.69, 9.17) is 21.3 Å². The monoisotopic (exact) mass is 1240 g/mol. The predicted molar refractivity (Wildman–Crippen MR) is 353 cm³/mol. The molecule has 4 heterocycles. The van der Waals surface area contributed by atoms with Crippen molar-refractivity contribution in [2.75, 3.05) is 73.1 Å². The number of nitrogens with one attached hydrogen (secondary N) is 6. The molecular formula is C69H116ClF3N12O2. The number of rotatable bonds is 12. The fourth-order valence-electron chi connectivity index (χ4n) is 14.6. The zero-order valence-corrected chi connectivity index (χ0v) is 56.5. The van der Waals surface area contributed by atoms with E-state index in [1.165, 1.54) is 37.1 Å². The molecular weight excluding hydrogens is 1120 g/mol. The second-order valence-corrected chi connectivity index (χ2v) is 28.3. The van der Waals surface area contributed by atoms with E-state index in [1.54, 1.807) is 6.20 Å². The van der Waals surface area contributed by atoms with E-state index in [2.05, 4.69) is 147 Å². The molecule has 6 N–H and O–H groups in total. The lowest BCUT2D eigenvalue weighted by Crippen LogP contribution is -2.76. The third kappa shape index (κ3) is 20.4. The van der Waals surface area contributed by atoms with Gasteiger partial charge < -0.3 is 56.2 Å². The summed E-state index contributed by atoms with van der Waals surface area (Å²) < 4.78 is 47.3. The van der Waals surface area contributed by atoms with Crippen LogP contribution in [0, 0.1) is 23.7 Å². The van der Waals surface area contributed by atoms with Crippen molar-refractivity contribution in [2.24, 2.45) is 28.7 Å². The number of likely N-dealkylation sites (N-methyl/N-ethyl adjacent to an activating group) is 1. The highest BCUT2D eigenvalue weighted by molar-refractivity contribution is 6.31. The van der Waals surface area contributed by atoms with Gasteiger partial charge in [0.25, 0.3) is 0 Å². The van der Waals surface area contributed by atoms with Gasteiger partial charge in [-0.15, -0.1) is 0 Å². The van der Waals surface area contributed by atoms with Gasteiger partial charge in [-0.05, 0) is 159 Å². The Morgan fingerprint density at radius 1 is 0.862 bits per heavy atom. The van der Waals surface area contributed by atoms with Crippen molar-refractivity contribution >= 4 is 23.2 Å². The Hall–Kier alpha value is -3.68. The van der Waals surface area contributed by atoms with Gasteiger partial charge in [0.05, 0.1) is 34.9 Å². The molecule has 1 aromatic rings. The molecule has 18 heteroatoms. The summed E-state index contributed by atoms with van der Waals surface area (Å²) in [6.07, 6.45) is 23.1. The van der Waals surface area contributed by atoms with Crippen LogP contribution in [0.1, 0.15) is 177 Å². The highest BCUT2D eigenvalue weighted by Gasteiger charge is 2.55. The van der Waals surface area contributed by atoms with Crippen LogP contribution in [-0.2, 0) is 22.1 Å². The molecule has 7 rings (SSSR count). The number of hydrogen-bond donors (Lipinski definition) is 6. The standard InChI is InChI=1S/C69H116ClF3N12O2/c1-14-49(6)63-41-78-62(39-47(2)3)51(8)77-42-64-65(67(86)83-35-18-15-19-36-83)54(11)85(64)66(48(4)5)52(9)80-68(29-16-17-30-68)46-75-33-32-74-31-28-56(24-22-55-23-27-60(61(70)40-55)69(71,72)73)76-34-38-81(12)43-58(45-87-59-25-26-59)82(13)44-57-21-20-37-84(57)53(10)50(7)79-63/h23,27-28,31,34,38,40,43-44,47-54,59,62-66,74-75,77-80H,14-22,24-26,29-30,32-33,35-37,39,41-42,45-46H2,1-13H3/t49-,50?,51?,52?,53-,54?,62-,63+,64?,65-,66-/m0/s1. The molecule has 1 aromatic carbocycles. The van der Waals surface area contributed by atoms with E-state index in [-0.39, 0.29) is 77.0 Å². The number of fused-ring (bicyclic) bond motifs is 2. The molecule has 1 amide bonds. The fraction of sp³-hybridized carbons (Fsp3) is 0.768. The molecule has 2 aliphatic carbocycles. The first kappa shape index (κ1) is 70.8. The number of hydrogen-bond acceptors (Lipinski definition) is 13. The number of alkyl halides is 3. The third-order valence-corrected chi connectivity index (χ3v) is 20.5. The minimum atomic E-state index is -4.52. The molecule has 1 spiro atoms. The molecule has 0 aromatic heterocycles. The van der Waals surface area contributed by atoms with E-state index in [9.17, 15) is 18.0 Å². The summed E-state index contributed by atoms with van der Waals surface area (Å²) in [4.78, 5) is 31.5. The second kappa shape index (κ2) is 33.6.